The molecule has 19 heavy (non-hydrogen) atoms. The molecule has 2 unspecified atom stereocenters. The fraction of sp³-hybridized carbons (Fsp3) is 0.353. The number of benzene rings is 1. The fourth-order valence-corrected chi connectivity index (χ4v) is 4.17. The third kappa shape index (κ3) is 1.22. The first-order chi connectivity index (χ1) is 9.26. The maximum absolute atomic E-state index is 4.37. The standard InChI is InChI=1S/C17H18N2/c1-3-19-16-10-12-8-9-18-11-15(12)17(19,2)14-7-5-4-6-13(14)16/h4-9,11,16H,3,10H2,1-2H3. The van der Waals surface area contributed by atoms with Crippen molar-refractivity contribution in [1.29, 1.82) is 0 Å². The van der Waals surface area contributed by atoms with Gasteiger partial charge in [-0.05, 0) is 48.2 Å². The van der Waals surface area contributed by atoms with Crippen LogP contribution >= 0.6 is 0 Å². The van der Waals surface area contributed by atoms with Gasteiger partial charge in [0.2, 0.25) is 0 Å². The van der Waals surface area contributed by atoms with E-state index in [1.54, 1.807) is 0 Å². The molecular formula is C17H18N2. The van der Waals surface area contributed by atoms with Gasteiger partial charge in [0.25, 0.3) is 0 Å². The van der Waals surface area contributed by atoms with E-state index in [2.05, 4.69) is 60.3 Å². The number of likely N-dealkylation sites (N-methyl/N-ethyl adjacent to an activating group) is 1. The van der Waals surface area contributed by atoms with Crippen molar-refractivity contribution in [2.45, 2.75) is 31.8 Å². The van der Waals surface area contributed by atoms with Crippen LogP contribution in [0.4, 0.5) is 0 Å². The Kier molecular flexibility index (Phi) is 2.16. The van der Waals surface area contributed by atoms with E-state index in [-0.39, 0.29) is 5.54 Å². The smallest absolute Gasteiger partial charge is 0.0713 e. The van der Waals surface area contributed by atoms with Crippen LogP contribution in [0.5, 0.6) is 0 Å². The van der Waals surface area contributed by atoms with Crippen LogP contribution in [-0.2, 0) is 12.0 Å². The maximum Gasteiger partial charge on any atom is 0.0713 e. The van der Waals surface area contributed by atoms with E-state index in [1.807, 2.05) is 6.20 Å². The van der Waals surface area contributed by atoms with Crippen LogP contribution in [-0.4, -0.2) is 16.4 Å². The van der Waals surface area contributed by atoms with Gasteiger partial charge in [0.1, 0.15) is 0 Å². The van der Waals surface area contributed by atoms with E-state index in [0.29, 0.717) is 6.04 Å². The SMILES string of the molecule is CCN1C2Cc3ccncc3C1(C)c1ccccc12. The summed E-state index contributed by atoms with van der Waals surface area (Å²) < 4.78 is 0. The molecule has 0 saturated carbocycles. The highest BCUT2D eigenvalue weighted by molar-refractivity contribution is 5.53. The Morgan fingerprint density at radius 3 is 2.95 bits per heavy atom. The van der Waals surface area contributed by atoms with Gasteiger partial charge in [0, 0.05) is 18.4 Å². The lowest BCUT2D eigenvalue weighted by atomic mass is 9.82. The third-order valence-electron chi connectivity index (χ3n) is 4.98. The molecule has 0 fully saturated rings. The monoisotopic (exact) mass is 250 g/mol. The first-order valence-electron chi connectivity index (χ1n) is 7.06. The van der Waals surface area contributed by atoms with Crippen LogP contribution in [0.3, 0.4) is 0 Å². The molecule has 0 spiro atoms. The Hall–Kier alpha value is -1.67. The van der Waals surface area contributed by atoms with Crippen molar-refractivity contribution >= 4 is 0 Å². The van der Waals surface area contributed by atoms with Crippen molar-refractivity contribution < 1.29 is 0 Å². The highest BCUT2D eigenvalue weighted by Crippen LogP contribution is 2.54. The summed E-state index contributed by atoms with van der Waals surface area (Å²) >= 11 is 0. The molecule has 0 radical (unpaired) electrons. The van der Waals surface area contributed by atoms with Gasteiger partial charge in [0.15, 0.2) is 0 Å². The van der Waals surface area contributed by atoms with Gasteiger partial charge in [-0.2, -0.15) is 0 Å². The summed E-state index contributed by atoms with van der Waals surface area (Å²) in [6.45, 7) is 5.69. The lowest BCUT2D eigenvalue weighted by molar-refractivity contribution is 0.103. The van der Waals surface area contributed by atoms with E-state index < -0.39 is 0 Å². The van der Waals surface area contributed by atoms with E-state index in [1.165, 1.54) is 22.3 Å². The van der Waals surface area contributed by atoms with Gasteiger partial charge < -0.3 is 0 Å². The number of fused-ring (bicyclic) bond motifs is 7. The predicted octanol–water partition coefficient (Wildman–Crippen LogP) is 3.28. The topological polar surface area (TPSA) is 16.1 Å². The Morgan fingerprint density at radius 1 is 1.26 bits per heavy atom. The highest BCUT2D eigenvalue weighted by Gasteiger charge is 2.51. The molecule has 4 rings (SSSR count). The third-order valence-corrected chi connectivity index (χ3v) is 4.98. The van der Waals surface area contributed by atoms with Gasteiger partial charge in [-0.25, -0.2) is 0 Å². The molecule has 2 nitrogen and oxygen atoms in total. The minimum absolute atomic E-state index is 0.00213. The Labute approximate surface area is 114 Å². The molecule has 3 heterocycles. The molecule has 0 aliphatic carbocycles. The summed E-state index contributed by atoms with van der Waals surface area (Å²) in [7, 11) is 0. The van der Waals surface area contributed by atoms with Crippen LogP contribution in [0.25, 0.3) is 0 Å². The number of hydrogen-bond acceptors (Lipinski definition) is 2. The highest BCUT2D eigenvalue weighted by atomic mass is 15.3. The van der Waals surface area contributed by atoms with E-state index in [9.17, 15) is 0 Å². The number of nitrogens with zero attached hydrogens (tertiary/aromatic N) is 2. The second-order valence-electron chi connectivity index (χ2n) is 5.70. The minimum atomic E-state index is -0.00213. The molecule has 1 aromatic heterocycles. The molecule has 2 heteroatoms. The van der Waals surface area contributed by atoms with Crippen LogP contribution < -0.4 is 0 Å². The first kappa shape index (κ1) is 11.2. The fourth-order valence-electron chi connectivity index (χ4n) is 4.17. The van der Waals surface area contributed by atoms with Gasteiger partial charge in [-0.3, -0.25) is 9.88 Å². The molecular weight excluding hydrogens is 232 g/mol. The van der Waals surface area contributed by atoms with Crippen molar-refractivity contribution in [3.8, 4) is 0 Å². The van der Waals surface area contributed by atoms with Crippen LogP contribution in [0, 0.1) is 0 Å². The maximum atomic E-state index is 4.37. The Bertz CT molecular complexity index is 636. The van der Waals surface area contributed by atoms with Crippen molar-refractivity contribution in [3.05, 3.63) is 65.0 Å². The summed E-state index contributed by atoms with van der Waals surface area (Å²) in [5.41, 5.74) is 5.82. The number of hydrogen-bond donors (Lipinski definition) is 0. The van der Waals surface area contributed by atoms with Crippen molar-refractivity contribution in [2.75, 3.05) is 6.54 Å². The zero-order chi connectivity index (χ0) is 13.0. The molecule has 2 atom stereocenters. The average Bonchev–Trinajstić information content (AvgIpc) is 2.64. The van der Waals surface area contributed by atoms with Crippen LogP contribution in [0.2, 0.25) is 0 Å². The lowest BCUT2D eigenvalue weighted by Crippen LogP contribution is -2.45. The number of rotatable bonds is 1. The largest absolute Gasteiger partial charge is 0.283 e. The summed E-state index contributed by atoms with van der Waals surface area (Å²) in [6, 6.07) is 11.6. The van der Waals surface area contributed by atoms with Crippen LogP contribution in [0.15, 0.2) is 42.7 Å². The summed E-state index contributed by atoms with van der Waals surface area (Å²) in [5, 5.41) is 0. The lowest BCUT2D eigenvalue weighted by Gasteiger charge is -2.43. The van der Waals surface area contributed by atoms with E-state index >= 15 is 0 Å². The van der Waals surface area contributed by atoms with Crippen molar-refractivity contribution in [3.63, 3.8) is 0 Å². The second kappa shape index (κ2) is 3.67. The second-order valence-corrected chi connectivity index (χ2v) is 5.70. The molecule has 96 valence electrons. The Morgan fingerprint density at radius 2 is 2.11 bits per heavy atom. The zero-order valence-electron chi connectivity index (χ0n) is 11.4. The molecule has 2 aromatic rings. The van der Waals surface area contributed by atoms with Crippen LogP contribution in [0.1, 0.15) is 42.1 Å². The van der Waals surface area contributed by atoms with Gasteiger partial charge in [-0.1, -0.05) is 31.2 Å². The molecule has 2 aliphatic rings. The summed E-state index contributed by atoms with van der Waals surface area (Å²) in [5.74, 6) is 0. The van der Waals surface area contributed by atoms with E-state index in [4.69, 9.17) is 0 Å². The predicted molar refractivity (Wildman–Crippen MR) is 76.0 cm³/mol. The first-order valence-corrected chi connectivity index (χ1v) is 7.06. The molecule has 0 amide bonds. The van der Waals surface area contributed by atoms with Gasteiger partial charge >= 0.3 is 0 Å². The Balaban J connectivity index is 2.06. The minimum Gasteiger partial charge on any atom is -0.283 e. The zero-order valence-corrected chi connectivity index (χ0v) is 11.4. The summed E-state index contributed by atoms with van der Waals surface area (Å²) in [4.78, 5) is 7.00. The molecule has 1 aromatic carbocycles. The number of pyridine rings is 1. The quantitative estimate of drug-likeness (QED) is 0.772. The molecule has 0 saturated heterocycles. The molecule has 2 bridgehead atoms. The van der Waals surface area contributed by atoms with Crippen molar-refractivity contribution in [1.82, 2.24) is 9.88 Å². The van der Waals surface area contributed by atoms with Gasteiger partial charge in [-0.15, -0.1) is 0 Å². The summed E-state index contributed by atoms with van der Waals surface area (Å²) in [6.07, 6.45) is 5.10. The average molecular weight is 250 g/mol. The normalized spacial score (nSPS) is 28.0. The van der Waals surface area contributed by atoms with E-state index in [0.717, 1.165) is 13.0 Å². The van der Waals surface area contributed by atoms with Crippen molar-refractivity contribution in [2.24, 2.45) is 0 Å². The molecule has 0 N–H and O–H groups in total. The van der Waals surface area contributed by atoms with Gasteiger partial charge in [0.05, 0.1) is 5.54 Å². The number of aromatic nitrogens is 1. The molecule has 2 aliphatic heterocycles.